The summed E-state index contributed by atoms with van der Waals surface area (Å²) in [7, 11) is 0. The topological polar surface area (TPSA) is 43.1 Å². The second-order valence-electron chi connectivity index (χ2n) is 5.79. The van der Waals surface area contributed by atoms with Gasteiger partial charge in [0.1, 0.15) is 5.52 Å². The zero-order valence-electron chi connectivity index (χ0n) is 13.7. The van der Waals surface area contributed by atoms with Crippen molar-refractivity contribution in [1.82, 2.24) is 4.98 Å². The molecule has 4 heteroatoms. The number of rotatable bonds is 4. The molecular weight excluding hydrogens is 390 g/mol. The molecule has 26 heavy (non-hydrogen) atoms. The highest BCUT2D eigenvalue weighted by molar-refractivity contribution is 9.10. The number of fused-ring (bicyclic) bond motifs is 1. The molecule has 0 unspecified atom stereocenters. The molecule has 0 amide bonds. The van der Waals surface area contributed by atoms with Crippen LogP contribution in [0.1, 0.15) is 21.8 Å². The molecule has 0 radical (unpaired) electrons. The largest absolute Gasteiger partial charge is 0.436 e. The van der Waals surface area contributed by atoms with Gasteiger partial charge in [-0.3, -0.25) is 4.79 Å². The molecule has 0 aliphatic carbocycles. The molecule has 0 bridgehead atoms. The molecule has 1 aromatic heterocycles. The second kappa shape index (κ2) is 7.10. The number of hydrogen-bond acceptors (Lipinski definition) is 3. The Morgan fingerprint density at radius 1 is 0.885 bits per heavy atom. The van der Waals surface area contributed by atoms with Gasteiger partial charge >= 0.3 is 0 Å². The maximum absolute atomic E-state index is 13.1. The molecule has 0 spiro atoms. The van der Waals surface area contributed by atoms with Crippen LogP contribution in [0.5, 0.6) is 0 Å². The fraction of sp³-hybridized carbons (Fsp3) is 0. The van der Waals surface area contributed by atoms with Gasteiger partial charge in [-0.05, 0) is 35.9 Å². The highest BCUT2D eigenvalue weighted by Gasteiger charge is 2.20. The lowest BCUT2D eigenvalue weighted by Gasteiger charge is -2.04. The summed E-state index contributed by atoms with van der Waals surface area (Å²) >= 11 is 3.43. The Kier molecular flexibility index (Phi) is 4.50. The molecule has 0 saturated heterocycles. The van der Waals surface area contributed by atoms with E-state index in [1.165, 1.54) is 0 Å². The van der Waals surface area contributed by atoms with E-state index in [0.29, 0.717) is 22.6 Å². The lowest BCUT2D eigenvalue weighted by Crippen LogP contribution is -2.03. The number of aromatic nitrogens is 1. The van der Waals surface area contributed by atoms with E-state index in [2.05, 4.69) is 20.9 Å². The molecule has 0 fully saturated rings. The van der Waals surface area contributed by atoms with Crippen LogP contribution in [0.3, 0.4) is 0 Å². The normalized spacial score (nSPS) is 11.7. The van der Waals surface area contributed by atoms with Crippen molar-refractivity contribution < 1.29 is 9.21 Å². The van der Waals surface area contributed by atoms with Crippen molar-refractivity contribution in [1.29, 1.82) is 0 Å². The van der Waals surface area contributed by atoms with E-state index < -0.39 is 0 Å². The van der Waals surface area contributed by atoms with Gasteiger partial charge in [-0.15, -0.1) is 0 Å². The number of ketones is 1. The van der Waals surface area contributed by atoms with E-state index in [1.54, 1.807) is 12.1 Å². The lowest BCUT2D eigenvalue weighted by molar-refractivity contribution is 0.105. The van der Waals surface area contributed by atoms with Gasteiger partial charge in [-0.2, -0.15) is 0 Å². The van der Waals surface area contributed by atoms with Crippen LogP contribution in [-0.2, 0) is 0 Å². The number of benzene rings is 3. The number of nitrogens with zero attached hydrogens (tertiary/aromatic N) is 1. The van der Waals surface area contributed by atoms with Crippen LogP contribution >= 0.6 is 15.9 Å². The van der Waals surface area contributed by atoms with Crippen molar-refractivity contribution in [3.05, 3.63) is 100 Å². The number of Topliss-reactive ketones (excluding diaryl/α,β-unsaturated/α-hetero) is 1. The van der Waals surface area contributed by atoms with Gasteiger partial charge in [0.05, 0.1) is 5.57 Å². The first-order valence-electron chi connectivity index (χ1n) is 8.14. The molecule has 0 saturated carbocycles. The minimum atomic E-state index is -0.125. The van der Waals surface area contributed by atoms with Crippen molar-refractivity contribution >= 4 is 44.5 Å². The third-order valence-electron chi connectivity index (χ3n) is 3.99. The van der Waals surface area contributed by atoms with E-state index in [-0.39, 0.29) is 5.78 Å². The Hall–Kier alpha value is -2.98. The molecule has 0 aliphatic rings. The number of para-hydroxylation sites is 2. The Morgan fingerprint density at radius 3 is 2.31 bits per heavy atom. The van der Waals surface area contributed by atoms with Gasteiger partial charge in [0.15, 0.2) is 11.4 Å². The third-order valence-corrected chi connectivity index (χ3v) is 4.51. The van der Waals surface area contributed by atoms with Crippen LogP contribution in [-0.4, -0.2) is 10.8 Å². The molecule has 0 aliphatic heterocycles. The van der Waals surface area contributed by atoms with Crippen LogP contribution in [0, 0.1) is 0 Å². The predicted octanol–water partition coefficient (Wildman–Crippen LogP) is 6.01. The molecule has 1 heterocycles. The average molecular weight is 404 g/mol. The standard InChI is InChI=1S/C22H14BrNO2/c23-17-12-10-15(11-13-17)14-18(21(25)16-6-2-1-3-7-16)22-24-19-8-4-5-9-20(19)26-22/h1-14H. The Morgan fingerprint density at radius 2 is 1.58 bits per heavy atom. The molecular formula is C22H14BrNO2. The summed E-state index contributed by atoms with van der Waals surface area (Å²) in [6.45, 7) is 0. The highest BCUT2D eigenvalue weighted by atomic mass is 79.9. The Balaban J connectivity index is 1.85. The lowest BCUT2D eigenvalue weighted by atomic mass is 10.0. The Bertz CT molecular complexity index is 1060. The van der Waals surface area contributed by atoms with Gasteiger partial charge in [0.25, 0.3) is 0 Å². The van der Waals surface area contributed by atoms with E-state index in [9.17, 15) is 4.79 Å². The van der Waals surface area contributed by atoms with Crippen molar-refractivity contribution in [3.63, 3.8) is 0 Å². The number of hydrogen-bond donors (Lipinski definition) is 0. The van der Waals surface area contributed by atoms with Crippen molar-refractivity contribution in [2.75, 3.05) is 0 Å². The van der Waals surface area contributed by atoms with E-state index >= 15 is 0 Å². The first-order chi connectivity index (χ1) is 12.7. The van der Waals surface area contributed by atoms with Gasteiger partial charge in [-0.25, -0.2) is 4.98 Å². The summed E-state index contributed by atoms with van der Waals surface area (Å²) in [6, 6.07) is 24.4. The molecule has 126 valence electrons. The average Bonchev–Trinajstić information content (AvgIpc) is 3.11. The highest BCUT2D eigenvalue weighted by Crippen LogP contribution is 2.26. The van der Waals surface area contributed by atoms with Crippen LogP contribution < -0.4 is 0 Å². The molecule has 3 nitrogen and oxygen atoms in total. The quantitative estimate of drug-likeness (QED) is 0.309. The summed E-state index contributed by atoms with van der Waals surface area (Å²) in [6.07, 6.45) is 1.81. The maximum Gasteiger partial charge on any atom is 0.231 e. The number of carbonyl (C=O) groups is 1. The Labute approximate surface area is 159 Å². The van der Waals surface area contributed by atoms with E-state index in [4.69, 9.17) is 4.42 Å². The summed E-state index contributed by atoms with van der Waals surface area (Å²) in [5.41, 5.74) is 3.30. The third kappa shape index (κ3) is 3.37. The molecule has 4 rings (SSSR count). The zero-order valence-corrected chi connectivity index (χ0v) is 15.3. The van der Waals surface area contributed by atoms with Crippen LogP contribution in [0.25, 0.3) is 22.7 Å². The summed E-state index contributed by atoms with van der Waals surface area (Å²) in [5.74, 6) is 0.197. The van der Waals surface area contributed by atoms with Crippen molar-refractivity contribution in [2.45, 2.75) is 0 Å². The molecule has 0 atom stereocenters. The van der Waals surface area contributed by atoms with Crippen molar-refractivity contribution in [2.24, 2.45) is 0 Å². The maximum atomic E-state index is 13.1. The summed E-state index contributed by atoms with van der Waals surface area (Å²) in [5, 5.41) is 0. The predicted molar refractivity (Wildman–Crippen MR) is 107 cm³/mol. The number of halogens is 1. The van der Waals surface area contributed by atoms with Crippen LogP contribution in [0.4, 0.5) is 0 Å². The van der Waals surface area contributed by atoms with E-state index in [0.717, 1.165) is 15.6 Å². The number of oxazole rings is 1. The van der Waals surface area contributed by atoms with Gasteiger partial charge < -0.3 is 4.42 Å². The fourth-order valence-corrected chi connectivity index (χ4v) is 2.95. The first-order valence-corrected chi connectivity index (χ1v) is 8.93. The smallest absolute Gasteiger partial charge is 0.231 e. The molecule has 4 aromatic rings. The van der Waals surface area contributed by atoms with Crippen LogP contribution in [0.2, 0.25) is 0 Å². The van der Waals surface area contributed by atoms with E-state index in [1.807, 2.05) is 72.8 Å². The summed E-state index contributed by atoms with van der Waals surface area (Å²) < 4.78 is 6.84. The molecule has 0 N–H and O–H groups in total. The minimum Gasteiger partial charge on any atom is -0.436 e. The minimum absolute atomic E-state index is 0.125. The fourth-order valence-electron chi connectivity index (χ4n) is 2.68. The van der Waals surface area contributed by atoms with Gasteiger partial charge in [0, 0.05) is 10.0 Å². The zero-order chi connectivity index (χ0) is 17.9. The second-order valence-corrected chi connectivity index (χ2v) is 6.71. The number of carbonyl (C=O) groups excluding carboxylic acids is 1. The molecule has 3 aromatic carbocycles. The van der Waals surface area contributed by atoms with Crippen LogP contribution in [0.15, 0.2) is 87.8 Å². The monoisotopic (exact) mass is 403 g/mol. The first kappa shape index (κ1) is 16.5. The van der Waals surface area contributed by atoms with Gasteiger partial charge in [0.2, 0.25) is 5.89 Å². The number of allylic oxidation sites excluding steroid dienone is 1. The van der Waals surface area contributed by atoms with Gasteiger partial charge in [-0.1, -0.05) is 70.5 Å². The SMILES string of the molecule is O=C(C(=Cc1ccc(Br)cc1)c1nc2ccccc2o1)c1ccccc1. The summed E-state index contributed by atoms with van der Waals surface area (Å²) in [4.78, 5) is 17.6. The van der Waals surface area contributed by atoms with Crippen molar-refractivity contribution in [3.8, 4) is 0 Å².